The molecule has 0 fully saturated rings. The summed E-state index contributed by atoms with van der Waals surface area (Å²) in [5.74, 6) is 0.301. The van der Waals surface area contributed by atoms with E-state index < -0.39 is 0 Å². The number of benzene rings is 1. The number of aromatic nitrogens is 3. The molecular formula is C19H20N6O. The van der Waals surface area contributed by atoms with E-state index >= 15 is 0 Å². The van der Waals surface area contributed by atoms with Gasteiger partial charge in [0.15, 0.2) is 11.5 Å². The van der Waals surface area contributed by atoms with Gasteiger partial charge in [-0.15, -0.1) is 10.2 Å². The molecule has 1 aromatic carbocycles. The third-order valence-electron chi connectivity index (χ3n) is 3.73. The maximum atomic E-state index is 12.1. The molecule has 0 bridgehead atoms. The third-order valence-corrected chi connectivity index (χ3v) is 3.73. The van der Waals surface area contributed by atoms with Crippen molar-refractivity contribution < 1.29 is 4.79 Å². The number of anilines is 3. The maximum Gasteiger partial charge on any atom is 0.272 e. The minimum absolute atomic E-state index is 0.266. The zero-order valence-corrected chi connectivity index (χ0v) is 14.7. The Morgan fingerprint density at radius 2 is 1.85 bits per heavy atom. The van der Waals surface area contributed by atoms with E-state index in [2.05, 4.69) is 25.8 Å². The van der Waals surface area contributed by atoms with Crippen LogP contribution in [-0.2, 0) is 6.54 Å². The van der Waals surface area contributed by atoms with E-state index in [-0.39, 0.29) is 11.6 Å². The second-order valence-electron chi connectivity index (χ2n) is 5.91. The van der Waals surface area contributed by atoms with Crippen molar-refractivity contribution in [1.29, 1.82) is 0 Å². The quantitative estimate of drug-likeness (QED) is 0.712. The normalized spacial score (nSPS) is 10.2. The van der Waals surface area contributed by atoms with Crippen molar-refractivity contribution in [2.75, 3.05) is 24.3 Å². The summed E-state index contributed by atoms with van der Waals surface area (Å²) in [5.41, 5.74) is 3.21. The first-order valence-electron chi connectivity index (χ1n) is 8.17. The molecule has 2 N–H and O–H groups in total. The molecule has 2 aromatic heterocycles. The number of hydrogen-bond acceptors (Lipinski definition) is 6. The minimum atomic E-state index is -0.275. The lowest BCUT2D eigenvalue weighted by atomic mass is 10.2. The molecule has 7 heteroatoms. The first-order valence-corrected chi connectivity index (χ1v) is 8.17. The van der Waals surface area contributed by atoms with Crippen LogP contribution < -0.4 is 15.5 Å². The SMILES string of the molecule is CN(C)c1ccc(Nc2ccc(C(=O)NCc3cccnc3)nn2)cc1. The van der Waals surface area contributed by atoms with Crippen LogP contribution in [0.1, 0.15) is 16.1 Å². The second kappa shape index (κ2) is 8.06. The monoisotopic (exact) mass is 348 g/mol. The van der Waals surface area contributed by atoms with E-state index in [0.29, 0.717) is 12.4 Å². The number of hydrogen-bond donors (Lipinski definition) is 2. The highest BCUT2D eigenvalue weighted by atomic mass is 16.1. The maximum absolute atomic E-state index is 12.1. The molecule has 0 spiro atoms. The standard InChI is InChI=1S/C19H20N6O/c1-25(2)16-7-5-15(6-8-16)22-18-10-9-17(23-24-18)19(26)21-13-14-4-3-11-20-12-14/h3-12H,13H2,1-2H3,(H,21,26)(H,22,24). The van der Waals surface area contributed by atoms with Crippen LogP contribution in [0.3, 0.4) is 0 Å². The Morgan fingerprint density at radius 3 is 2.46 bits per heavy atom. The summed E-state index contributed by atoms with van der Waals surface area (Å²) >= 11 is 0. The average molecular weight is 348 g/mol. The number of carbonyl (C=O) groups excluding carboxylic acids is 1. The number of carbonyl (C=O) groups is 1. The molecular weight excluding hydrogens is 328 g/mol. The van der Waals surface area contributed by atoms with Gasteiger partial charge in [0.1, 0.15) is 0 Å². The Balaban J connectivity index is 1.58. The van der Waals surface area contributed by atoms with Crippen LogP contribution in [0, 0.1) is 0 Å². The van der Waals surface area contributed by atoms with Crippen LogP contribution in [0.5, 0.6) is 0 Å². The van der Waals surface area contributed by atoms with E-state index in [1.165, 1.54) is 0 Å². The molecule has 26 heavy (non-hydrogen) atoms. The Bertz CT molecular complexity index is 847. The Hall–Kier alpha value is -3.48. The lowest BCUT2D eigenvalue weighted by molar-refractivity contribution is 0.0945. The zero-order chi connectivity index (χ0) is 18.4. The number of amides is 1. The Kier molecular flexibility index (Phi) is 5.38. The molecule has 2 heterocycles. The fourth-order valence-electron chi connectivity index (χ4n) is 2.29. The van der Waals surface area contributed by atoms with Gasteiger partial charge in [-0.25, -0.2) is 0 Å². The van der Waals surface area contributed by atoms with E-state index in [1.54, 1.807) is 24.5 Å². The average Bonchev–Trinajstić information content (AvgIpc) is 2.68. The second-order valence-corrected chi connectivity index (χ2v) is 5.91. The molecule has 0 radical (unpaired) electrons. The first kappa shape index (κ1) is 17.3. The van der Waals surface area contributed by atoms with Crippen LogP contribution in [0.2, 0.25) is 0 Å². The molecule has 3 aromatic rings. The van der Waals surface area contributed by atoms with Gasteiger partial charge in [-0.05, 0) is 48.0 Å². The largest absolute Gasteiger partial charge is 0.378 e. The topological polar surface area (TPSA) is 83.0 Å². The van der Waals surface area contributed by atoms with Crippen LogP contribution in [0.15, 0.2) is 60.9 Å². The van der Waals surface area contributed by atoms with Gasteiger partial charge in [-0.3, -0.25) is 9.78 Å². The summed E-state index contributed by atoms with van der Waals surface area (Å²) in [6.45, 7) is 0.395. The van der Waals surface area contributed by atoms with Crippen LogP contribution in [0.25, 0.3) is 0 Å². The first-order chi connectivity index (χ1) is 12.6. The smallest absolute Gasteiger partial charge is 0.272 e. The van der Waals surface area contributed by atoms with Gasteiger partial charge in [0.25, 0.3) is 5.91 Å². The lowest BCUT2D eigenvalue weighted by Gasteiger charge is -2.13. The molecule has 3 rings (SSSR count). The van der Waals surface area contributed by atoms with Gasteiger partial charge in [-0.2, -0.15) is 0 Å². The van der Waals surface area contributed by atoms with Crippen molar-refractivity contribution in [3.63, 3.8) is 0 Å². The summed E-state index contributed by atoms with van der Waals surface area (Å²) in [7, 11) is 3.98. The van der Waals surface area contributed by atoms with Gasteiger partial charge in [0.2, 0.25) is 0 Å². The molecule has 0 saturated carbocycles. The van der Waals surface area contributed by atoms with Crippen molar-refractivity contribution in [1.82, 2.24) is 20.5 Å². The number of nitrogens with zero attached hydrogens (tertiary/aromatic N) is 4. The van der Waals surface area contributed by atoms with E-state index in [1.807, 2.05) is 55.4 Å². The molecule has 0 atom stereocenters. The van der Waals surface area contributed by atoms with Crippen LogP contribution in [-0.4, -0.2) is 35.2 Å². The van der Waals surface area contributed by atoms with E-state index in [0.717, 1.165) is 16.9 Å². The molecule has 7 nitrogen and oxygen atoms in total. The summed E-state index contributed by atoms with van der Waals surface area (Å²) < 4.78 is 0. The lowest BCUT2D eigenvalue weighted by Crippen LogP contribution is -2.24. The molecule has 0 aliphatic carbocycles. The van der Waals surface area contributed by atoms with E-state index in [9.17, 15) is 4.79 Å². The highest BCUT2D eigenvalue weighted by Gasteiger charge is 2.08. The van der Waals surface area contributed by atoms with Crippen molar-refractivity contribution in [3.8, 4) is 0 Å². The van der Waals surface area contributed by atoms with Gasteiger partial charge in [0.05, 0.1) is 0 Å². The molecule has 0 aliphatic rings. The predicted molar refractivity (Wildman–Crippen MR) is 101 cm³/mol. The number of nitrogens with one attached hydrogen (secondary N) is 2. The van der Waals surface area contributed by atoms with Gasteiger partial charge in [-0.1, -0.05) is 6.07 Å². The highest BCUT2D eigenvalue weighted by Crippen LogP contribution is 2.18. The Labute approximate surface area is 152 Å². The third kappa shape index (κ3) is 4.54. The van der Waals surface area contributed by atoms with Crippen LogP contribution >= 0.6 is 0 Å². The molecule has 132 valence electrons. The van der Waals surface area contributed by atoms with Crippen molar-refractivity contribution >= 4 is 23.1 Å². The number of pyridine rings is 1. The summed E-state index contributed by atoms with van der Waals surface area (Å²) in [6, 6.07) is 15.0. The summed E-state index contributed by atoms with van der Waals surface area (Å²) in [6.07, 6.45) is 3.40. The highest BCUT2D eigenvalue weighted by molar-refractivity contribution is 5.92. The van der Waals surface area contributed by atoms with Gasteiger partial charge in [0, 0.05) is 44.4 Å². The van der Waals surface area contributed by atoms with Gasteiger partial charge >= 0.3 is 0 Å². The summed E-state index contributed by atoms with van der Waals surface area (Å²) in [4.78, 5) is 18.2. The van der Waals surface area contributed by atoms with Crippen molar-refractivity contribution in [2.24, 2.45) is 0 Å². The predicted octanol–water partition coefficient (Wildman–Crippen LogP) is 2.61. The van der Waals surface area contributed by atoms with E-state index in [4.69, 9.17) is 0 Å². The van der Waals surface area contributed by atoms with Crippen LogP contribution in [0.4, 0.5) is 17.2 Å². The van der Waals surface area contributed by atoms with Crippen molar-refractivity contribution in [2.45, 2.75) is 6.54 Å². The Morgan fingerprint density at radius 1 is 1.04 bits per heavy atom. The zero-order valence-electron chi connectivity index (χ0n) is 14.7. The molecule has 0 unspecified atom stereocenters. The number of rotatable bonds is 6. The fraction of sp³-hybridized carbons (Fsp3) is 0.158. The molecule has 1 amide bonds. The molecule has 0 saturated heterocycles. The minimum Gasteiger partial charge on any atom is -0.378 e. The van der Waals surface area contributed by atoms with Crippen molar-refractivity contribution in [3.05, 3.63) is 72.2 Å². The van der Waals surface area contributed by atoms with Gasteiger partial charge < -0.3 is 15.5 Å². The summed E-state index contributed by atoms with van der Waals surface area (Å²) in [5, 5.41) is 14.0. The fourth-order valence-corrected chi connectivity index (χ4v) is 2.29. The molecule has 0 aliphatic heterocycles.